The standard InChI is InChI=1S/C23H24N2O2/c1-4-17-13-18-9-10-19(14-20(18)25-22(17)26)23(3,15-24)11-12-27-21-8-6-5-7-16(21)2/h5-10,13-14H,4,11-12H2,1-3H3,(H,25,26). The van der Waals surface area contributed by atoms with Gasteiger partial charge in [-0.3, -0.25) is 4.79 Å². The Hall–Kier alpha value is -3.06. The summed E-state index contributed by atoms with van der Waals surface area (Å²) in [6.07, 6.45) is 1.25. The first-order valence-electron chi connectivity index (χ1n) is 9.23. The molecule has 0 fully saturated rings. The van der Waals surface area contributed by atoms with Crippen molar-refractivity contribution in [1.82, 2.24) is 4.98 Å². The van der Waals surface area contributed by atoms with Crippen molar-refractivity contribution >= 4 is 10.9 Å². The maximum Gasteiger partial charge on any atom is 0.251 e. The number of H-pyrrole nitrogens is 1. The summed E-state index contributed by atoms with van der Waals surface area (Å²) in [5.41, 5.74) is 2.72. The highest BCUT2D eigenvalue weighted by atomic mass is 16.5. The summed E-state index contributed by atoms with van der Waals surface area (Å²) in [4.78, 5) is 15.1. The molecule has 0 aliphatic rings. The number of nitriles is 1. The maximum atomic E-state index is 12.1. The topological polar surface area (TPSA) is 65.9 Å². The van der Waals surface area contributed by atoms with Gasteiger partial charge in [-0.05, 0) is 55.0 Å². The number of aromatic amines is 1. The van der Waals surface area contributed by atoms with E-state index in [4.69, 9.17) is 4.74 Å². The van der Waals surface area contributed by atoms with Crippen molar-refractivity contribution in [2.24, 2.45) is 0 Å². The first kappa shape index (κ1) is 18.7. The van der Waals surface area contributed by atoms with Crippen LogP contribution in [0, 0.1) is 18.3 Å². The predicted molar refractivity (Wildman–Crippen MR) is 108 cm³/mol. The number of ether oxygens (including phenoxy) is 1. The first-order valence-corrected chi connectivity index (χ1v) is 9.23. The second kappa shape index (κ2) is 7.67. The zero-order chi connectivity index (χ0) is 19.4. The fraction of sp³-hybridized carbons (Fsp3) is 0.304. The first-order chi connectivity index (χ1) is 13.0. The molecule has 0 saturated heterocycles. The summed E-state index contributed by atoms with van der Waals surface area (Å²) < 4.78 is 5.88. The number of hydrogen-bond acceptors (Lipinski definition) is 3. The lowest BCUT2D eigenvalue weighted by atomic mass is 9.81. The van der Waals surface area contributed by atoms with Gasteiger partial charge in [0.05, 0.1) is 18.1 Å². The number of nitrogens with one attached hydrogen (secondary N) is 1. The Morgan fingerprint density at radius 3 is 2.67 bits per heavy atom. The molecule has 3 aromatic rings. The molecule has 4 heteroatoms. The summed E-state index contributed by atoms with van der Waals surface area (Å²) in [6, 6.07) is 18.0. The molecule has 1 atom stereocenters. The fourth-order valence-electron chi connectivity index (χ4n) is 3.20. The molecule has 0 spiro atoms. The number of para-hydroxylation sites is 1. The molecule has 138 valence electrons. The van der Waals surface area contributed by atoms with Gasteiger partial charge in [0.25, 0.3) is 5.56 Å². The summed E-state index contributed by atoms with van der Waals surface area (Å²) >= 11 is 0. The summed E-state index contributed by atoms with van der Waals surface area (Å²) in [5, 5.41) is 10.8. The average molecular weight is 360 g/mol. The quantitative estimate of drug-likeness (QED) is 0.696. The van der Waals surface area contributed by atoms with Crippen molar-refractivity contribution in [3.63, 3.8) is 0 Å². The van der Waals surface area contributed by atoms with Gasteiger partial charge in [-0.1, -0.05) is 37.3 Å². The molecule has 0 radical (unpaired) electrons. The van der Waals surface area contributed by atoms with E-state index in [-0.39, 0.29) is 5.56 Å². The van der Waals surface area contributed by atoms with E-state index < -0.39 is 5.41 Å². The molecule has 0 bridgehead atoms. The number of nitrogens with zero attached hydrogens (tertiary/aromatic N) is 1. The zero-order valence-electron chi connectivity index (χ0n) is 16.0. The Morgan fingerprint density at radius 1 is 1.19 bits per heavy atom. The van der Waals surface area contributed by atoms with E-state index in [0.717, 1.165) is 33.3 Å². The highest BCUT2D eigenvalue weighted by molar-refractivity contribution is 5.80. The smallest absolute Gasteiger partial charge is 0.251 e. The van der Waals surface area contributed by atoms with Gasteiger partial charge in [-0.25, -0.2) is 0 Å². The van der Waals surface area contributed by atoms with Gasteiger partial charge in [0, 0.05) is 17.5 Å². The number of fused-ring (bicyclic) bond motifs is 1. The van der Waals surface area contributed by atoms with E-state index in [1.165, 1.54) is 0 Å². The van der Waals surface area contributed by atoms with Crippen molar-refractivity contribution in [2.45, 2.75) is 39.0 Å². The third-order valence-electron chi connectivity index (χ3n) is 5.14. The Balaban J connectivity index is 1.84. The summed E-state index contributed by atoms with van der Waals surface area (Å²) in [5.74, 6) is 0.840. The maximum absolute atomic E-state index is 12.1. The van der Waals surface area contributed by atoms with Crippen LogP contribution >= 0.6 is 0 Å². The van der Waals surface area contributed by atoms with E-state index in [0.29, 0.717) is 19.4 Å². The minimum Gasteiger partial charge on any atom is -0.493 e. The molecule has 4 nitrogen and oxygen atoms in total. The fourth-order valence-corrected chi connectivity index (χ4v) is 3.20. The molecular formula is C23H24N2O2. The number of aromatic nitrogens is 1. The van der Waals surface area contributed by atoms with Crippen LogP contribution in [0.3, 0.4) is 0 Å². The largest absolute Gasteiger partial charge is 0.493 e. The van der Waals surface area contributed by atoms with Gasteiger partial charge in [0.2, 0.25) is 0 Å². The van der Waals surface area contributed by atoms with Crippen LogP contribution in [0.2, 0.25) is 0 Å². The van der Waals surface area contributed by atoms with Crippen molar-refractivity contribution < 1.29 is 4.74 Å². The number of benzene rings is 2. The summed E-state index contributed by atoms with van der Waals surface area (Å²) in [7, 11) is 0. The molecule has 1 aromatic heterocycles. The lowest BCUT2D eigenvalue weighted by Crippen LogP contribution is -2.23. The van der Waals surface area contributed by atoms with Gasteiger partial charge < -0.3 is 9.72 Å². The molecule has 3 rings (SSSR count). The van der Waals surface area contributed by atoms with Crippen LogP contribution in [0.1, 0.15) is 37.0 Å². The molecule has 2 aromatic carbocycles. The third-order valence-corrected chi connectivity index (χ3v) is 5.14. The molecule has 0 saturated carbocycles. The Kier molecular flexibility index (Phi) is 5.32. The van der Waals surface area contributed by atoms with E-state index in [2.05, 4.69) is 11.1 Å². The van der Waals surface area contributed by atoms with Crippen LogP contribution in [0.25, 0.3) is 10.9 Å². The van der Waals surface area contributed by atoms with E-state index >= 15 is 0 Å². The number of aryl methyl sites for hydroxylation is 2. The third kappa shape index (κ3) is 3.88. The van der Waals surface area contributed by atoms with Gasteiger partial charge in [-0.2, -0.15) is 5.26 Å². The Morgan fingerprint density at radius 2 is 1.96 bits per heavy atom. The van der Waals surface area contributed by atoms with E-state index in [9.17, 15) is 10.1 Å². The van der Waals surface area contributed by atoms with Crippen LogP contribution < -0.4 is 10.3 Å². The molecule has 1 heterocycles. The van der Waals surface area contributed by atoms with Gasteiger partial charge >= 0.3 is 0 Å². The normalized spacial score (nSPS) is 13.1. The molecule has 0 amide bonds. The lowest BCUT2D eigenvalue weighted by molar-refractivity contribution is 0.283. The number of pyridine rings is 1. The molecule has 1 unspecified atom stereocenters. The minimum atomic E-state index is -0.697. The van der Waals surface area contributed by atoms with Crippen LogP contribution in [0.4, 0.5) is 0 Å². The molecular weight excluding hydrogens is 336 g/mol. The van der Waals surface area contributed by atoms with Crippen LogP contribution in [0.5, 0.6) is 5.75 Å². The Bertz CT molecular complexity index is 1060. The van der Waals surface area contributed by atoms with Gasteiger partial charge in [-0.15, -0.1) is 0 Å². The van der Waals surface area contributed by atoms with E-state index in [1.54, 1.807) is 0 Å². The minimum absolute atomic E-state index is 0.0660. The predicted octanol–water partition coefficient (Wildman–Crippen LogP) is 4.65. The van der Waals surface area contributed by atoms with Crippen LogP contribution in [-0.2, 0) is 11.8 Å². The number of rotatable bonds is 6. The van der Waals surface area contributed by atoms with Crippen LogP contribution in [-0.4, -0.2) is 11.6 Å². The monoisotopic (exact) mass is 360 g/mol. The lowest BCUT2D eigenvalue weighted by Gasteiger charge is -2.23. The number of hydrogen-bond donors (Lipinski definition) is 1. The van der Waals surface area contributed by atoms with Crippen molar-refractivity contribution in [3.05, 3.63) is 75.6 Å². The second-order valence-corrected chi connectivity index (χ2v) is 7.09. The summed E-state index contributed by atoms with van der Waals surface area (Å²) in [6.45, 7) is 6.32. The second-order valence-electron chi connectivity index (χ2n) is 7.09. The molecule has 1 N–H and O–H groups in total. The highest BCUT2D eigenvalue weighted by Crippen LogP contribution is 2.30. The molecule has 27 heavy (non-hydrogen) atoms. The zero-order valence-corrected chi connectivity index (χ0v) is 16.0. The SMILES string of the molecule is CCc1cc2ccc(C(C)(C#N)CCOc3ccccc3C)cc2[nH]c1=O. The van der Waals surface area contributed by atoms with Gasteiger partial charge in [0.15, 0.2) is 0 Å². The average Bonchev–Trinajstić information content (AvgIpc) is 2.68. The highest BCUT2D eigenvalue weighted by Gasteiger charge is 2.27. The molecule has 0 aliphatic carbocycles. The molecule has 0 aliphatic heterocycles. The van der Waals surface area contributed by atoms with E-state index in [1.807, 2.05) is 69.3 Å². The van der Waals surface area contributed by atoms with Gasteiger partial charge in [0.1, 0.15) is 5.75 Å². The Labute approximate surface area is 159 Å². The van der Waals surface area contributed by atoms with Crippen molar-refractivity contribution in [3.8, 4) is 11.8 Å². The van der Waals surface area contributed by atoms with Crippen molar-refractivity contribution in [2.75, 3.05) is 6.61 Å². The van der Waals surface area contributed by atoms with Crippen LogP contribution in [0.15, 0.2) is 53.3 Å². The van der Waals surface area contributed by atoms with Crippen molar-refractivity contribution in [1.29, 1.82) is 5.26 Å².